The van der Waals surface area contributed by atoms with Crippen LogP contribution >= 0.6 is 30.4 Å². The van der Waals surface area contributed by atoms with Crippen molar-refractivity contribution in [1.29, 1.82) is 0 Å². The van der Waals surface area contributed by atoms with Gasteiger partial charge >= 0.3 is 96.9 Å². The van der Waals surface area contributed by atoms with Gasteiger partial charge in [0.15, 0.2) is 11.2 Å². The first-order valence-electron chi connectivity index (χ1n) is 9.19. The van der Waals surface area contributed by atoms with Crippen molar-refractivity contribution in [2.24, 2.45) is 0 Å². The van der Waals surface area contributed by atoms with Gasteiger partial charge in [0.1, 0.15) is 11.5 Å². The van der Waals surface area contributed by atoms with E-state index in [2.05, 4.69) is 9.05 Å². The van der Waals surface area contributed by atoms with Crippen LogP contribution < -0.4 is 38.4 Å². The Bertz CT molecular complexity index is 1220. The van der Waals surface area contributed by atoms with Gasteiger partial charge in [-0.3, -0.25) is 9.13 Å². The molecule has 0 aromatic heterocycles. The third kappa shape index (κ3) is 23.6. The van der Waals surface area contributed by atoms with Crippen molar-refractivity contribution in [3.8, 4) is 11.5 Å². The Morgan fingerprint density at radius 3 is 0.878 bits per heavy atom. The second kappa shape index (κ2) is 23.9. The quantitative estimate of drug-likeness (QED) is 0.247. The summed E-state index contributed by atoms with van der Waals surface area (Å²) in [7, 11) is -21.7. The van der Waals surface area contributed by atoms with E-state index in [0.29, 0.717) is 0 Å². The van der Waals surface area contributed by atoms with Gasteiger partial charge in [0.2, 0.25) is 15.2 Å². The molecule has 4 atom stereocenters. The predicted molar refractivity (Wildman–Crippen MR) is 101 cm³/mol. The average Bonchev–Trinajstić information content (AvgIpc) is 2.84. The maximum absolute atomic E-state index is 11.1. The van der Waals surface area contributed by atoms with Crippen LogP contribution in [0, 0.1) is 83.5 Å². The maximum atomic E-state index is 11.1. The van der Waals surface area contributed by atoms with Crippen molar-refractivity contribution >= 4 is 30.4 Å². The van der Waals surface area contributed by atoms with Crippen LogP contribution in [-0.2, 0) is 31.7 Å². The van der Waals surface area contributed by atoms with Crippen LogP contribution in [-0.4, -0.2) is 21.4 Å². The van der Waals surface area contributed by atoms with Crippen LogP contribution in [0.5, 0.6) is 11.5 Å². The Morgan fingerprint density at radius 1 is 0.512 bits per heavy atom. The molecule has 2 aromatic carbocycles. The summed E-state index contributed by atoms with van der Waals surface area (Å²) in [6.07, 6.45) is 0. The summed E-state index contributed by atoms with van der Waals surface area (Å²) < 4.78 is 103. The molecule has 0 fully saturated rings. The third-order valence-corrected chi connectivity index (χ3v) is 9.67. The number of aliphatic hydroxyl groups excluding tert-OH is 2. The topological polar surface area (TPSA) is 368 Å². The minimum absolute atomic E-state index is 0.187. The zero-order chi connectivity index (χ0) is 32.9. The number of benzene rings is 2. The first-order valence-corrected chi connectivity index (χ1v) is 25.8. The molecule has 41 heavy (non-hydrogen) atoms. The average molecular weight is 1340 g/mol. The van der Waals surface area contributed by atoms with Crippen molar-refractivity contribution < 1.29 is 164 Å². The Hall–Kier alpha value is 0.596. The molecule has 27 heteroatoms. The van der Waals surface area contributed by atoms with Crippen molar-refractivity contribution in [2.45, 2.75) is 11.2 Å². The van der Waals surface area contributed by atoms with Gasteiger partial charge in [-0.1, -0.05) is 36.4 Å². The second-order valence-electron chi connectivity index (χ2n) is 5.91. The number of rotatable bonds is 8. The van der Waals surface area contributed by atoms with Gasteiger partial charge in [0.25, 0.3) is 0 Å². The molecule has 2 rings (SSSR count). The monoisotopic (exact) mass is 1340 g/mol. The predicted octanol–water partition coefficient (Wildman–Crippen LogP) is -3.10. The number of hydrogen-bond acceptors (Lipinski definition) is 20. The van der Waals surface area contributed by atoms with Crippen LogP contribution in [0.1, 0.15) is 0 Å². The van der Waals surface area contributed by atoms with E-state index in [4.69, 9.17) is 23.6 Å². The molecule has 0 saturated heterocycles. The van der Waals surface area contributed by atoms with Crippen LogP contribution in [0.4, 0.5) is 0 Å². The molecule has 0 aliphatic carbocycles. The van der Waals surface area contributed by atoms with E-state index in [1.165, 1.54) is 48.5 Å². The fraction of sp³-hybridized carbons (Fsp3) is 0.143. The van der Waals surface area contributed by atoms with Crippen LogP contribution in [0.25, 0.3) is 0 Å². The van der Waals surface area contributed by atoms with E-state index in [1.807, 2.05) is 0 Å². The summed E-state index contributed by atoms with van der Waals surface area (Å²) in [6, 6.07) is 13.8. The van der Waals surface area contributed by atoms with Crippen LogP contribution in [0.15, 0.2) is 60.7 Å². The van der Waals surface area contributed by atoms with Gasteiger partial charge in [-0.2, -0.15) is 0 Å². The zero-order valence-corrected chi connectivity index (χ0v) is 35.5. The van der Waals surface area contributed by atoms with Gasteiger partial charge < -0.3 is 57.8 Å². The Labute approximate surface area is 274 Å². The van der Waals surface area contributed by atoms with E-state index >= 15 is 0 Å². The fourth-order valence-corrected chi connectivity index (χ4v) is 5.77. The van der Waals surface area contributed by atoms with Crippen molar-refractivity contribution in [2.75, 3.05) is 0 Å². The summed E-state index contributed by atoms with van der Waals surface area (Å²) in [5, 5.41) is 17.6. The Morgan fingerprint density at radius 2 is 0.707 bits per heavy atom. The Kier molecular flexibility index (Phi) is 26.8. The van der Waals surface area contributed by atoms with E-state index < -0.39 is 125 Å². The summed E-state index contributed by atoms with van der Waals surface area (Å²) in [5.74, 6) is -0.373. The van der Waals surface area contributed by atoms with Gasteiger partial charge in [0, 0.05) is 0 Å². The molecule has 0 amide bonds. The molecular formula is C14H14O20P4U3. The molecule has 0 heterocycles. The van der Waals surface area contributed by atoms with E-state index in [9.17, 15) is 47.6 Å². The summed E-state index contributed by atoms with van der Waals surface area (Å²) in [6.45, 7) is 0. The second-order valence-corrected chi connectivity index (χ2v) is 15.4. The fourth-order valence-electron chi connectivity index (χ4n) is 1.70. The molecular weight excluding hydrogens is 1330 g/mol. The van der Waals surface area contributed by atoms with Gasteiger partial charge in [0.05, 0.1) is 0 Å². The molecule has 0 radical (unpaired) electrons. The molecule has 0 aliphatic rings. The van der Waals surface area contributed by atoms with Crippen molar-refractivity contribution in [1.82, 2.24) is 0 Å². The van der Waals surface area contributed by atoms with Gasteiger partial charge in [-0.25, -0.2) is 0 Å². The molecule has 0 saturated carbocycles. The van der Waals surface area contributed by atoms with Crippen molar-refractivity contribution in [3.05, 3.63) is 60.7 Å². The molecule has 0 bridgehead atoms. The van der Waals surface area contributed by atoms with Crippen molar-refractivity contribution in [3.63, 3.8) is 0 Å². The SMILES string of the molecule is O=P([O-])([O-])C(O)P(=O)([O-])Oc1ccccc1.O=P([O-])([O-])C(O)P(=O)([O-])Oc1ccccc1.[O]=[U+2]=[O].[O]=[U+2]=[O].[O]=[U+2]=[O]. The van der Waals surface area contributed by atoms with E-state index in [1.54, 1.807) is 12.1 Å². The molecule has 20 nitrogen and oxygen atoms in total. The van der Waals surface area contributed by atoms with Crippen LogP contribution in [0.2, 0.25) is 0 Å². The molecule has 222 valence electrons. The Balaban J connectivity index is -0.000000546. The standard InChI is InChI=1S/2C7H10O7P2.6O.3U/c2*8-7(15(9,10)11)16(12,13)14-6-4-2-1-3-5-6;;;;;;;;;/h2*1-5,7-8H,(H,12,13)(H2,9,10,11);;;;;;;;;/q;;;;;;;;3*+2/p-6. The summed E-state index contributed by atoms with van der Waals surface area (Å²) >= 11 is -7.52. The van der Waals surface area contributed by atoms with Crippen LogP contribution in [0.3, 0.4) is 0 Å². The zero-order valence-electron chi connectivity index (χ0n) is 19.5. The number of aliphatic hydroxyl groups is 2. The molecule has 4 unspecified atom stereocenters. The van der Waals surface area contributed by atoms with E-state index in [-0.39, 0.29) is 11.5 Å². The molecule has 0 spiro atoms. The molecule has 2 N–H and O–H groups in total. The summed E-state index contributed by atoms with van der Waals surface area (Å²) in [4.78, 5) is 63.6. The van der Waals surface area contributed by atoms with Gasteiger partial charge in [-0.05, 0) is 39.5 Å². The third-order valence-electron chi connectivity index (χ3n) is 3.08. The normalized spacial score (nSPS) is 14.2. The minimum atomic E-state index is -5.66. The van der Waals surface area contributed by atoms with Gasteiger partial charge in [-0.15, -0.1) is 0 Å². The molecule has 2 aromatic rings. The van der Waals surface area contributed by atoms with E-state index in [0.717, 1.165) is 0 Å². The molecule has 0 aliphatic heterocycles. The number of para-hydroxylation sites is 2. The first-order chi connectivity index (χ1) is 18.7. The summed E-state index contributed by atoms with van der Waals surface area (Å²) in [5.41, 5.74) is -6.17. The number of hydrogen-bond donors (Lipinski definition) is 2. The first kappa shape index (κ1) is 46.0.